The molecule has 0 saturated carbocycles. The number of carbonyl (C=O) groups is 3. The average Bonchev–Trinajstić information content (AvgIpc) is 2.83. The second-order valence-electron chi connectivity index (χ2n) is 7.35. The average molecular weight is 576 g/mol. The Balaban J connectivity index is 1.64. The fraction of sp³-hybridized carbons (Fsp3) is 0.0800. The number of anilines is 1. The van der Waals surface area contributed by atoms with Gasteiger partial charge in [-0.05, 0) is 54.1 Å². The molecule has 4 rings (SSSR count). The lowest BCUT2D eigenvalue weighted by Gasteiger charge is -2.26. The monoisotopic (exact) mass is 574 g/mol. The number of barbiturate groups is 1. The van der Waals surface area contributed by atoms with Crippen molar-refractivity contribution >= 4 is 68.7 Å². The number of ether oxygens (including phenoxy) is 2. The van der Waals surface area contributed by atoms with Crippen LogP contribution in [0.5, 0.6) is 11.5 Å². The van der Waals surface area contributed by atoms with Crippen LogP contribution < -0.4 is 19.7 Å². The Morgan fingerprint density at radius 3 is 2.40 bits per heavy atom. The highest BCUT2D eigenvalue weighted by molar-refractivity contribution is 9.10. The van der Waals surface area contributed by atoms with Gasteiger partial charge in [0.05, 0.1) is 17.8 Å². The van der Waals surface area contributed by atoms with Crippen LogP contribution in [0.2, 0.25) is 10.0 Å². The van der Waals surface area contributed by atoms with E-state index in [0.717, 1.165) is 14.9 Å². The van der Waals surface area contributed by atoms with Gasteiger partial charge in [-0.2, -0.15) is 0 Å². The molecule has 3 aromatic rings. The minimum Gasteiger partial charge on any atom is -0.493 e. The zero-order chi connectivity index (χ0) is 25.1. The molecular formula is C25H17BrCl2N2O5. The topological polar surface area (TPSA) is 84.9 Å². The van der Waals surface area contributed by atoms with E-state index in [0.29, 0.717) is 22.0 Å². The highest BCUT2D eigenvalue weighted by atomic mass is 79.9. The maximum Gasteiger partial charge on any atom is 0.335 e. The molecule has 0 unspecified atom stereocenters. The lowest BCUT2D eigenvalue weighted by Crippen LogP contribution is -2.54. The Morgan fingerprint density at radius 2 is 1.71 bits per heavy atom. The number of hydrogen-bond donors (Lipinski definition) is 1. The van der Waals surface area contributed by atoms with Crippen molar-refractivity contribution in [3.05, 3.63) is 91.9 Å². The maximum atomic E-state index is 13.1. The molecule has 0 aliphatic carbocycles. The summed E-state index contributed by atoms with van der Waals surface area (Å²) in [5.41, 5.74) is 1.24. The van der Waals surface area contributed by atoms with Crippen LogP contribution in [0.15, 0.2) is 70.7 Å². The standard InChI is InChI=1S/C25H17BrCl2N2O5/c1-34-21-12-14(11-20(28)22(21)35-13-15-4-2-3-5-19(15)27)10-18-23(31)29-25(33)30(24(18)32)17-8-6-16(26)7-9-17/h2-12H,13H2,1H3,(H,29,31,33)/b18-10-. The summed E-state index contributed by atoms with van der Waals surface area (Å²) in [6.07, 6.45) is 1.34. The highest BCUT2D eigenvalue weighted by Gasteiger charge is 2.36. The molecule has 1 N–H and O–H groups in total. The second kappa shape index (κ2) is 10.5. The van der Waals surface area contributed by atoms with Gasteiger partial charge in [0.1, 0.15) is 12.2 Å². The number of imide groups is 2. The van der Waals surface area contributed by atoms with E-state index in [9.17, 15) is 14.4 Å². The zero-order valence-corrected chi connectivity index (χ0v) is 21.3. The van der Waals surface area contributed by atoms with Crippen molar-refractivity contribution in [1.29, 1.82) is 0 Å². The lowest BCUT2D eigenvalue weighted by molar-refractivity contribution is -0.122. The summed E-state index contributed by atoms with van der Waals surface area (Å²) in [4.78, 5) is 38.9. The number of rotatable bonds is 6. The minimum atomic E-state index is -0.835. The first-order chi connectivity index (χ1) is 16.8. The van der Waals surface area contributed by atoms with E-state index in [2.05, 4.69) is 21.2 Å². The molecule has 35 heavy (non-hydrogen) atoms. The van der Waals surface area contributed by atoms with E-state index in [1.807, 2.05) is 18.2 Å². The number of hydrogen-bond acceptors (Lipinski definition) is 5. The van der Waals surface area contributed by atoms with Crippen LogP contribution >= 0.6 is 39.1 Å². The summed E-state index contributed by atoms with van der Waals surface area (Å²) in [5.74, 6) is -1.01. The van der Waals surface area contributed by atoms with Gasteiger partial charge in [-0.1, -0.05) is 57.3 Å². The Kier molecular flexibility index (Phi) is 7.45. The summed E-state index contributed by atoms with van der Waals surface area (Å²) < 4.78 is 12.0. The predicted molar refractivity (Wildman–Crippen MR) is 137 cm³/mol. The van der Waals surface area contributed by atoms with Gasteiger partial charge in [-0.3, -0.25) is 14.9 Å². The van der Waals surface area contributed by atoms with Crippen LogP contribution in [0.1, 0.15) is 11.1 Å². The summed E-state index contributed by atoms with van der Waals surface area (Å²) >= 11 is 15.9. The number of carbonyl (C=O) groups excluding carboxylic acids is 3. The van der Waals surface area contributed by atoms with Gasteiger partial charge in [-0.15, -0.1) is 0 Å². The zero-order valence-electron chi connectivity index (χ0n) is 18.2. The van der Waals surface area contributed by atoms with Crippen molar-refractivity contribution < 1.29 is 23.9 Å². The van der Waals surface area contributed by atoms with Crippen LogP contribution in [-0.2, 0) is 16.2 Å². The normalized spacial score (nSPS) is 14.8. The van der Waals surface area contributed by atoms with Crippen molar-refractivity contribution in [1.82, 2.24) is 5.32 Å². The fourth-order valence-electron chi connectivity index (χ4n) is 3.38. The Hall–Kier alpha value is -3.33. The van der Waals surface area contributed by atoms with Gasteiger partial charge in [0.25, 0.3) is 11.8 Å². The lowest BCUT2D eigenvalue weighted by atomic mass is 10.1. The summed E-state index contributed by atoms with van der Waals surface area (Å²) in [7, 11) is 1.44. The molecule has 4 amide bonds. The quantitative estimate of drug-likeness (QED) is 0.287. The second-order valence-corrected chi connectivity index (χ2v) is 9.08. The molecule has 1 saturated heterocycles. The number of benzene rings is 3. The predicted octanol–water partition coefficient (Wildman–Crippen LogP) is 6.01. The smallest absolute Gasteiger partial charge is 0.335 e. The number of amides is 4. The number of nitrogens with zero attached hydrogens (tertiary/aromatic N) is 1. The van der Waals surface area contributed by atoms with Crippen LogP contribution in [0.4, 0.5) is 10.5 Å². The number of halogens is 3. The summed E-state index contributed by atoms with van der Waals surface area (Å²) in [6.45, 7) is 0.154. The molecule has 0 radical (unpaired) electrons. The third kappa shape index (κ3) is 5.35. The van der Waals surface area contributed by atoms with Crippen molar-refractivity contribution in [2.24, 2.45) is 0 Å². The van der Waals surface area contributed by atoms with E-state index < -0.39 is 17.8 Å². The first-order valence-corrected chi connectivity index (χ1v) is 11.7. The van der Waals surface area contributed by atoms with E-state index >= 15 is 0 Å². The molecule has 10 heteroatoms. The SMILES string of the molecule is COc1cc(/C=C2/C(=O)NC(=O)N(c3ccc(Br)cc3)C2=O)cc(Cl)c1OCc1ccccc1Cl. The Morgan fingerprint density at radius 1 is 1.00 bits per heavy atom. The molecule has 0 bridgehead atoms. The Labute approximate surface area is 219 Å². The van der Waals surface area contributed by atoms with Crippen molar-refractivity contribution in [3.63, 3.8) is 0 Å². The van der Waals surface area contributed by atoms with E-state index in [-0.39, 0.29) is 23.0 Å². The molecule has 3 aromatic carbocycles. The van der Waals surface area contributed by atoms with E-state index in [4.69, 9.17) is 32.7 Å². The Bertz CT molecular complexity index is 1360. The van der Waals surface area contributed by atoms with E-state index in [1.54, 1.807) is 36.4 Å². The van der Waals surface area contributed by atoms with Gasteiger partial charge in [-0.25, -0.2) is 9.69 Å². The van der Waals surface area contributed by atoms with Gasteiger partial charge in [0.15, 0.2) is 11.5 Å². The largest absolute Gasteiger partial charge is 0.493 e. The fourth-order valence-corrected chi connectivity index (χ4v) is 4.11. The third-order valence-corrected chi connectivity index (χ3v) is 6.26. The van der Waals surface area contributed by atoms with Gasteiger partial charge >= 0.3 is 6.03 Å². The molecule has 7 nitrogen and oxygen atoms in total. The third-order valence-electron chi connectivity index (χ3n) is 5.08. The molecule has 0 spiro atoms. The van der Waals surface area contributed by atoms with Crippen molar-refractivity contribution in [2.75, 3.05) is 12.0 Å². The molecule has 1 aliphatic rings. The summed E-state index contributed by atoms with van der Waals surface area (Å²) in [6, 6.07) is 16.0. The van der Waals surface area contributed by atoms with Crippen LogP contribution in [0.3, 0.4) is 0 Å². The molecule has 178 valence electrons. The molecule has 1 aliphatic heterocycles. The molecule has 1 fully saturated rings. The number of urea groups is 1. The number of nitrogens with one attached hydrogen (secondary N) is 1. The van der Waals surface area contributed by atoms with Gasteiger partial charge < -0.3 is 9.47 Å². The van der Waals surface area contributed by atoms with Crippen LogP contribution in [-0.4, -0.2) is 25.0 Å². The van der Waals surface area contributed by atoms with Crippen LogP contribution in [0, 0.1) is 0 Å². The molecule has 0 atom stereocenters. The highest BCUT2D eigenvalue weighted by Crippen LogP contribution is 2.38. The van der Waals surface area contributed by atoms with Gasteiger partial charge in [0, 0.05) is 15.1 Å². The maximum absolute atomic E-state index is 13.1. The first-order valence-electron chi connectivity index (χ1n) is 10.2. The molecule has 1 heterocycles. The summed E-state index contributed by atoms with van der Waals surface area (Å²) in [5, 5.41) is 2.94. The minimum absolute atomic E-state index is 0.154. The molecule has 0 aromatic heterocycles. The number of methoxy groups -OCH3 is 1. The van der Waals surface area contributed by atoms with Gasteiger partial charge in [0.2, 0.25) is 0 Å². The van der Waals surface area contributed by atoms with E-state index in [1.165, 1.54) is 19.3 Å². The first kappa shape index (κ1) is 24.8. The molecular weight excluding hydrogens is 559 g/mol. The van der Waals surface area contributed by atoms with Crippen LogP contribution in [0.25, 0.3) is 6.08 Å². The van der Waals surface area contributed by atoms with Crippen molar-refractivity contribution in [2.45, 2.75) is 6.61 Å². The van der Waals surface area contributed by atoms with Crippen molar-refractivity contribution in [3.8, 4) is 11.5 Å².